The third-order valence-electron chi connectivity index (χ3n) is 2.93. The van der Waals surface area contributed by atoms with E-state index in [9.17, 15) is 4.79 Å². The highest BCUT2D eigenvalue weighted by atomic mass is 35.5. The minimum atomic E-state index is -0.0948. The van der Waals surface area contributed by atoms with Crippen LogP contribution in [-0.2, 0) is 11.3 Å². The lowest BCUT2D eigenvalue weighted by Crippen LogP contribution is -2.27. The molecule has 0 aromatic carbocycles. The van der Waals surface area contributed by atoms with E-state index in [1.54, 1.807) is 22.4 Å². The summed E-state index contributed by atoms with van der Waals surface area (Å²) in [5.41, 5.74) is 0. The fourth-order valence-electron chi connectivity index (χ4n) is 2.11. The Kier molecular flexibility index (Phi) is 3.09. The van der Waals surface area contributed by atoms with Gasteiger partial charge in [0.1, 0.15) is 5.82 Å². The molecular weight excluding hydrogens is 270 g/mol. The van der Waals surface area contributed by atoms with E-state index in [4.69, 9.17) is 11.6 Å². The average Bonchev–Trinajstić information content (AvgIpc) is 3.02. The number of anilines is 1. The number of hydrogen-bond acceptors (Lipinski definition) is 3. The lowest BCUT2D eigenvalue weighted by Gasteiger charge is -2.17. The van der Waals surface area contributed by atoms with E-state index < -0.39 is 0 Å². The summed E-state index contributed by atoms with van der Waals surface area (Å²) in [6.07, 6.45) is 2.13. The summed E-state index contributed by atoms with van der Waals surface area (Å²) in [7, 11) is 0. The van der Waals surface area contributed by atoms with Gasteiger partial charge in [0.25, 0.3) is 0 Å². The molecule has 0 N–H and O–H groups in total. The smallest absolute Gasteiger partial charge is 0.229 e. The normalized spacial score (nSPS) is 19.7. The van der Waals surface area contributed by atoms with Crippen molar-refractivity contribution in [3.05, 3.63) is 34.7 Å². The maximum absolute atomic E-state index is 11.8. The van der Waals surface area contributed by atoms with Crippen LogP contribution in [0.15, 0.2) is 29.8 Å². The summed E-state index contributed by atoms with van der Waals surface area (Å²) in [6, 6.07) is 5.94. The van der Waals surface area contributed by atoms with Crippen LogP contribution in [0.1, 0.15) is 11.3 Å². The van der Waals surface area contributed by atoms with Crippen molar-refractivity contribution >= 4 is 34.7 Å². The van der Waals surface area contributed by atoms with Crippen molar-refractivity contribution in [3.8, 4) is 0 Å². The van der Waals surface area contributed by atoms with Crippen molar-refractivity contribution in [1.82, 2.24) is 9.78 Å². The molecule has 0 bridgehead atoms. The first-order valence-electron chi connectivity index (χ1n) is 5.72. The molecule has 1 aliphatic heterocycles. The van der Waals surface area contributed by atoms with Crippen LogP contribution in [0.25, 0.3) is 0 Å². The summed E-state index contributed by atoms with van der Waals surface area (Å²) in [4.78, 5) is 14.8. The maximum Gasteiger partial charge on any atom is 0.229 e. The van der Waals surface area contributed by atoms with E-state index in [2.05, 4.69) is 11.2 Å². The molecule has 0 radical (unpaired) electrons. The van der Waals surface area contributed by atoms with Crippen LogP contribution in [0.2, 0.25) is 0 Å². The standard InChI is InChI=1S/C12H12ClN3OS/c13-9-6-12(17)15(7-9)11-3-4-14-16(11)8-10-2-1-5-18-10/h1-5,9H,6-8H2. The molecule has 1 atom stereocenters. The molecule has 1 amide bonds. The second-order valence-electron chi connectivity index (χ2n) is 4.23. The van der Waals surface area contributed by atoms with Gasteiger partial charge < -0.3 is 0 Å². The number of hydrogen-bond donors (Lipinski definition) is 0. The first-order chi connectivity index (χ1) is 8.74. The Morgan fingerprint density at radius 1 is 1.50 bits per heavy atom. The van der Waals surface area contributed by atoms with Gasteiger partial charge in [-0.05, 0) is 11.4 Å². The Morgan fingerprint density at radius 3 is 3.06 bits per heavy atom. The van der Waals surface area contributed by atoms with Gasteiger partial charge in [0.15, 0.2) is 0 Å². The Bertz CT molecular complexity index is 551. The summed E-state index contributed by atoms with van der Waals surface area (Å²) in [6.45, 7) is 1.26. The molecule has 1 fully saturated rings. The van der Waals surface area contributed by atoms with Gasteiger partial charge in [-0.25, -0.2) is 4.68 Å². The second kappa shape index (κ2) is 4.74. The Labute approximate surface area is 114 Å². The second-order valence-corrected chi connectivity index (χ2v) is 5.88. The van der Waals surface area contributed by atoms with Crippen LogP contribution in [0, 0.1) is 0 Å². The summed E-state index contributed by atoms with van der Waals surface area (Å²) < 4.78 is 1.85. The van der Waals surface area contributed by atoms with Gasteiger partial charge in [0, 0.05) is 23.9 Å². The van der Waals surface area contributed by atoms with Gasteiger partial charge in [-0.2, -0.15) is 5.10 Å². The Hall–Kier alpha value is -1.33. The monoisotopic (exact) mass is 281 g/mol. The molecule has 6 heteroatoms. The number of carbonyl (C=O) groups is 1. The highest BCUT2D eigenvalue weighted by Gasteiger charge is 2.31. The summed E-state index contributed by atoms with van der Waals surface area (Å²) in [5.74, 6) is 0.902. The maximum atomic E-state index is 11.8. The molecule has 0 aliphatic carbocycles. The van der Waals surface area contributed by atoms with Crippen molar-refractivity contribution < 1.29 is 4.79 Å². The average molecular weight is 282 g/mol. The van der Waals surface area contributed by atoms with Crippen LogP contribution in [0.3, 0.4) is 0 Å². The van der Waals surface area contributed by atoms with Gasteiger partial charge in [0.2, 0.25) is 5.91 Å². The van der Waals surface area contributed by atoms with Crippen LogP contribution < -0.4 is 4.90 Å². The Balaban J connectivity index is 1.85. The van der Waals surface area contributed by atoms with Gasteiger partial charge >= 0.3 is 0 Å². The lowest BCUT2D eigenvalue weighted by molar-refractivity contribution is -0.117. The third-order valence-corrected chi connectivity index (χ3v) is 4.09. The van der Waals surface area contributed by atoms with Gasteiger partial charge in [-0.3, -0.25) is 9.69 Å². The van der Waals surface area contributed by atoms with Crippen LogP contribution in [-0.4, -0.2) is 27.6 Å². The molecule has 2 aromatic heterocycles. The number of thiophene rings is 1. The largest absolute Gasteiger partial charge is 0.295 e. The van der Waals surface area contributed by atoms with Crippen molar-refractivity contribution in [2.75, 3.05) is 11.4 Å². The molecule has 2 aromatic rings. The van der Waals surface area contributed by atoms with Crippen LogP contribution in [0.4, 0.5) is 5.82 Å². The number of carbonyl (C=O) groups excluding carboxylic acids is 1. The lowest BCUT2D eigenvalue weighted by atomic mass is 10.4. The van der Waals surface area contributed by atoms with Crippen molar-refractivity contribution in [2.24, 2.45) is 0 Å². The van der Waals surface area contributed by atoms with E-state index in [0.29, 0.717) is 19.5 Å². The number of amides is 1. The van der Waals surface area contributed by atoms with E-state index in [1.165, 1.54) is 4.88 Å². The van der Waals surface area contributed by atoms with Crippen molar-refractivity contribution in [2.45, 2.75) is 18.3 Å². The molecule has 3 rings (SSSR count). The van der Waals surface area contributed by atoms with Gasteiger partial charge in [-0.1, -0.05) is 6.07 Å². The topological polar surface area (TPSA) is 38.1 Å². The van der Waals surface area contributed by atoms with Crippen molar-refractivity contribution in [1.29, 1.82) is 0 Å². The third kappa shape index (κ3) is 2.15. The van der Waals surface area contributed by atoms with Crippen molar-refractivity contribution in [3.63, 3.8) is 0 Å². The highest BCUT2D eigenvalue weighted by Crippen LogP contribution is 2.25. The van der Waals surface area contributed by atoms with Gasteiger partial charge in [0.05, 0.1) is 18.1 Å². The predicted molar refractivity (Wildman–Crippen MR) is 72.3 cm³/mol. The van der Waals surface area contributed by atoms with Crippen LogP contribution >= 0.6 is 22.9 Å². The zero-order valence-electron chi connectivity index (χ0n) is 9.62. The number of halogens is 1. The molecule has 3 heterocycles. The predicted octanol–water partition coefficient (Wildman–Crippen LogP) is 2.34. The molecule has 4 nitrogen and oxygen atoms in total. The molecular formula is C12H12ClN3OS. The highest BCUT2D eigenvalue weighted by molar-refractivity contribution is 7.09. The first-order valence-corrected chi connectivity index (χ1v) is 7.04. The SMILES string of the molecule is O=C1CC(Cl)CN1c1ccnn1Cc1cccs1. The van der Waals surface area contributed by atoms with E-state index >= 15 is 0 Å². The fraction of sp³-hybridized carbons (Fsp3) is 0.333. The van der Waals surface area contributed by atoms with E-state index in [-0.39, 0.29) is 11.3 Å². The quantitative estimate of drug-likeness (QED) is 0.810. The number of rotatable bonds is 3. The number of alkyl halides is 1. The molecule has 1 aliphatic rings. The van der Waals surface area contributed by atoms with Gasteiger partial charge in [-0.15, -0.1) is 22.9 Å². The Morgan fingerprint density at radius 2 is 2.39 bits per heavy atom. The van der Waals surface area contributed by atoms with E-state index in [1.807, 2.05) is 22.2 Å². The molecule has 0 saturated carbocycles. The zero-order valence-corrected chi connectivity index (χ0v) is 11.2. The first kappa shape index (κ1) is 11.7. The van der Waals surface area contributed by atoms with Crippen LogP contribution in [0.5, 0.6) is 0 Å². The number of aromatic nitrogens is 2. The minimum Gasteiger partial charge on any atom is -0.295 e. The molecule has 1 unspecified atom stereocenters. The minimum absolute atomic E-state index is 0.0722. The zero-order chi connectivity index (χ0) is 12.5. The molecule has 1 saturated heterocycles. The molecule has 18 heavy (non-hydrogen) atoms. The molecule has 0 spiro atoms. The summed E-state index contributed by atoms with van der Waals surface area (Å²) in [5, 5.41) is 6.22. The fourth-order valence-corrected chi connectivity index (χ4v) is 3.07. The summed E-state index contributed by atoms with van der Waals surface area (Å²) >= 11 is 7.71. The van der Waals surface area contributed by atoms with E-state index in [0.717, 1.165) is 5.82 Å². The molecule has 94 valence electrons. The number of nitrogens with zero attached hydrogens (tertiary/aromatic N) is 3.